The zero-order valence-corrected chi connectivity index (χ0v) is 15.9. The molecule has 0 radical (unpaired) electrons. The van der Waals surface area contributed by atoms with Gasteiger partial charge in [-0.05, 0) is 47.9 Å². The van der Waals surface area contributed by atoms with E-state index in [0.717, 1.165) is 24.9 Å². The molecule has 4 rings (SSSR count). The van der Waals surface area contributed by atoms with Crippen molar-refractivity contribution in [2.75, 3.05) is 23.7 Å². The van der Waals surface area contributed by atoms with E-state index >= 15 is 0 Å². The molecule has 2 aromatic carbocycles. The molecule has 0 amide bonds. The standard InChI is InChI=1S/C20H24N2S2/c1-13-9-15-5-3-7-17(19(15)21-11-13)23-24-18-8-4-6-16-10-14(2)12-22-20(16)18/h3-8,13-14,21-22H,9-12H2,1-2H3/t13-,14-/m0/s1. The van der Waals surface area contributed by atoms with Crippen LogP contribution in [0.4, 0.5) is 11.4 Å². The molecule has 4 heteroatoms. The van der Waals surface area contributed by atoms with E-state index in [9.17, 15) is 0 Å². The van der Waals surface area contributed by atoms with Crippen molar-refractivity contribution in [3.63, 3.8) is 0 Å². The van der Waals surface area contributed by atoms with Gasteiger partial charge in [0.15, 0.2) is 0 Å². The van der Waals surface area contributed by atoms with Crippen molar-refractivity contribution in [1.29, 1.82) is 0 Å². The maximum absolute atomic E-state index is 3.64. The second-order valence-corrected chi connectivity index (χ2v) is 9.34. The first kappa shape index (κ1) is 16.2. The maximum Gasteiger partial charge on any atom is 0.0519 e. The summed E-state index contributed by atoms with van der Waals surface area (Å²) in [6.07, 6.45) is 2.36. The van der Waals surface area contributed by atoms with Crippen LogP contribution >= 0.6 is 21.6 Å². The quantitative estimate of drug-likeness (QED) is 0.690. The number of hydrogen-bond acceptors (Lipinski definition) is 4. The van der Waals surface area contributed by atoms with Crippen LogP contribution in [-0.2, 0) is 12.8 Å². The molecule has 0 saturated heterocycles. The molecule has 0 bridgehead atoms. The van der Waals surface area contributed by atoms with E-state index in [2.05, 4.69) is 60.9 Å². The van der Waals surface area contributed by atoms with Gasteiger partial charge >= 0.3 is 0 Å². The molecule has 2 nitrogen and oxygen atoms in total. The van der Waals surface area contributed by atoms with Gasteiger partial charge in [0.2, 0.25) is 0 Å². The highest BCUT2D eigenvalue weighted by atomic mass is 33.1. The first-order valence-electron chi connectivity index (χ1n) is 8.76. The van der Waals surface area contributed by atoms with Crippen LogP contribution in [0, 0.1) is 11.8 Å². The summed E-state index contributed by atoms with van der Waals surface area (Å²) in [5.74, 6) is 1.44. The summed E-state index contributed by atoms with van der Waals surface area (Å²) < 4.78 is 0. The van der Waals surface area contributed by atoms with Crippen molar-refractivity contribution in [3.05, 3.63) is 47.5 Å². The van der Waals surface area contributed by atoms with E-state index in [4.69, 9.17) is 0 Å². The lowest BCUT2D eigenvalue weighted by Crippen LogP contribution is -2.21. The first-order chi connectivity index (χ1) is 11.7. The zero-order chi connectivity index (χ0) is 16.5. The Morgan fingerprint density at radius 2 is 1.21 bits per heavy atom. The third kappa shape index (κ3) is 3.27. The Kier molecular flexibility index (Phi) is 4.68. The molecule has 0 unspecified atom stereocenters. The predicted octanol–water partition coefficient (Wildman–Crippen LogP) is 5.69. The van der Waals surface area contributed by atoms with Gasteiger partial charge in [0.05, 0.1) is 11.4 Å². The van der Waals surface area contributed by atoms with Gasteiger partial charge in [-0.25, -0.2) is 0 Å². The third-order valence-corrected chi connectivity index (χ3v) is 7.29. The predicted molar refractivity (Wildman–Crippen MR) is 107 cm³/mol. The minimum Gasteiger partial charge on any atom is -0.384 e. The maximum atomic E-state index is 3.64. The second-order valence-electron chi connectivity index (χ2n) is 7.13. The van der Waals surface area contributed by atoms with Gasteiger partial charge in [-0.15, -0.1) is 0 Å². The molecule has 2 aliphatic rings. The summed E-state index contributed by atoms with van der Waals surface area (Å²) in [7, 11) is 3.75. The topological polar surface area (TPSA) is 24.1 Å². The second kappa shape index (κ2) is 6.93. The number of benzene rings is 2. The SMILES string of the molecule is C[C@@H]1CNc2c(cccc2SSc2cccc3c2NC[C@@H](C)C3)C1. The summed E-state index contributed by atoms with van der Waals surface area (Å²) in [6, 6.07) is 13.4. The van der Waals surface area contributed by atoms with Gasteiger partial charge in [0, 0.05) is 22.9 Å². The fourth-order valence-electron chi connectivity index (χ4n) is 3.57. The normalized spacial score (nSPS) is 22.1. The monoisotopic (exact) mass is 356 g/mol. The number of rotatable bonds is 3. The summed E-state index contributed by atoms with van der Waals surface area (Å²) in [6.45, 7) is 6.78. The number of fused-ring (bicyclic) bond motifs is 2. The highest BCUT2D eigenvalue weighted by Crippen LogP contribution is 2.46. The van der Waals surface area contributed by atoms with Gasteiger partial charge < -0.3 is 10.6 Å². The van der Waals surface area contributed by atoms with Crippen LogP contribution in [0.5, 0.6) is 0 Å². The molecule has 126 valence electrons. The van der Waals surface area contributed by atoms with E-state index in [-0.39, 0.29) is 0 Å². The van der Waals surface area contributed by atoms with Crippen LogP contribution < -0.4 is 10.6 Å². The lowest BCUT2D eigenvalue weighted by Gasteiger charge is -2.26. The molecule has 2 aliphatic heterocycles. The van der Waals surface area contributed by atoms with Crippen molar-refractivity contribution in [1.82, 2.24) is 0 Å². The number of nitrogens with one attached hydrogen (secondary N) is 2. The van der Waals surface area contributed by atoms with Crippen molar-refractivity contribution >= 4 is 33.0 Å². The molecular weight excluding hydrogens is 332 g/mol. The molecule has 0 fully saturated rings. The Morgan fingerprint density at radius 1 is 0.750 bits per heavy atom. The Labute approximate surface area is 152 Å². The van der Waals surface area contributed by atoms with E-state index in [1.165, 1.54) is 45.1 Å². The molecule has 2 aromatic rings. The van der Waals surface area contributed by atoms with Crippen molar-refractivity contribution in [3.8, 4) is 0 Å². The molecule has 0 aliphatic carbocycles. The van der Waals surface area contributed by atoms with Crippen molar-refractivity contribution in [2.45, 2.75) is 36.5 Å². The Bertz CT molecular complexity index is 681. The highest BCUT2D eigenvalue weighted by Gasteiger charge is 2.20. The van der Waals surface area contributed by atoms with Gasteiger partial charge in [0.1, 0.15) is 0 Å². The van der Waals surface area contributed by atoms with E-state index < -0.39 is 0 Å². The average Bonchev–Trinajstić information content (AvgIpc) is 2.59. The number of anilines is 2. The summed E-state index contributed by atoms with van der Waals surface area (Å²) in [4.78, 5) is 2.71. The number of hydrogen-bond donors (Lipinski definition) is 2. The number of para-hydroxylation sites is 2. The van der Waals surface area contributed by atoms with Crippen LogP contribution in [0.2, 0.25) is 0 Å². The largest absolute Gasteiger partial charge is 0.384 e. The Balaban J connectivity index is 1.54. The van der Waals surface area contributed by atoms with E-state index in [1.807, 2.05) is 21.6 Å². The van der Waals surface area contributed by atoms with Gasteiger partial charge in [-0.2, -0.15) is 0 Å². The molecule has 2 heterocycles. The lowest BCUT2D eigenvalue weighted by atomic mass is 9.96. The molecule has 0 spiro atoms. The summed E-state index contributed by atoms with van der Waals surface area (Å²) in [5.41, 5.74) is 5.61. The zero-order valence-electron chi connectivity index (χ0n) is 14.3. The van der Waals surface area contributed by atoms with Gasteiger partial charge in [-0.1, -0.05) is 59.7 Å². The Hall–Kier alpha value is -1.26. The molecule has 0 aromatic heterocycles. The van der Waals surface area contributed by atoms with Crippen LogP contribution in [0.3, 0.4) is 0 Å². The fraction of sp³-hybridized carbons (Fsp3) is 0.400. The van der Waals surface area contributed by atoms with Crippen LogP contribution in [0.1, 0.15) is 25.0 Å². The third-order valence-electron chi connectivity index (χ3n) is 4.84. The molecular formula is C20H24N2S2. The minimum absolute atomic E-state index is 0.720. The van der Waals surface area contributed by atoms with Crippen molar-refractivity contribution in [2.24, 2.45) is 11.8 Å². The van der Waals surface area contributed by atoms with Gasteiger partial charge in [-0.3, -0.25) is 0 Å². The smallest absolute Gasteiger partial charge is 0.0519 e. The minimum atomic E-state index is 0.720. The Morgan fingerprint density at radius 3 is 1.67 bits per heavy atom. The van der Waals surface area contributed by atoms with Crippen LogP contribution in [-0.4, -0.2) is 13.1 Å². The molecule has 2 atom stereocenters. The van der Waals surface area contributed by atoms with E-state index in [0.29, 0.717) is 0 Å². The summed E-state index contributed by atoms with van der Waals surface area (Å²) in [5, 5.41) is 7.27. The highest BCUT2D eigenvalue weighted by molar-refractivity contribution is 8.76. The lowest BCUT2D eigenvalue weighted by molar-refractivity contribution is 0.592. The van der Waals surface area contributed by atoms with Crippen LogP contribution in [0.25, 0.3) is 0 Å². The molecule has 2 N–H and O–H groups in total. The van der Waals surface area contributed by atoms with Crippen LogP contribution in [0.15, 0.2) is 46.2 Å². The van der Waals surface area contributed by atoms with Gasteiger partial charge in [0.25, 0.3) is 0 Å². The summed E-state index contributed by atoms with van der Waals surface area (Å²) >= 11 is 0. The average molecular weight is 357 g/mol. The fourth-order valence-corrected chi connectivity index (χ4v) is 5.96. The molecule has 0 saturated carbocycles. The van der Waals surface area contributed by atoms with Crippen molar-refractivity contribution < 1.29 is 0 Å². The molecule has 24 heavy (non-hydrogen) atoms. The first-order valence-corrected chi connectivity index (χ1v) is 10.9. The van der Waals surface area contributed by atoms with E-state index in [1.54, 1.807) is 0 Å².